The third kappa shape index (κ3) is 2.70. The molecule has 112 valence electrons. The molecule has 0 aliphatic rings. The molecule has 1 heterocycles. The molecule has 0 bridgehead atoms. The zero-order valence-electron chi connectivity index (χ0n) is 11.6. The van der Waals surface area contributed by atoms with Crippen LogP contribution in [0.25, 0.3) is 22.2 Å². The van der Waals surface area contributed by atoms with Gasteiger partial charge in [-0.3, -0.25) is 4.79 Å². The second-order valence-electron chi connectivity index (χ2n) is 5.04. The van der Waals surface area contributed by atoms with Crippen LogP contribution in [0.3, 0.4) is 0 Å². The zero-order chi connectivity index (χ0) is 15.7. The van der Waals surface area contributed by atoms with Crippen LogP contribution < -0.4 is 0 Å². The third-order valence-corrected chi connectivity index (χ3v) is 3.86. The number of aryl methyl sites for hydroxylation is 1. The number of halogens is 2. The second-order valence-corrected chi connectivity index (χ2v) is 5.48. The first-order chi connectivity index (χ1) is 10.6. The summed E-state index contributed by atoms with van der Waals surface area (Å²) in [5, 5.41) is 10.3. The highest BCUT2D eigenvalue weighted by atomic mass is 35.5. The van der Waals surface area contributed by atoms with Crippen molar-refractivity contribution in [2.24, 2.45) is 0 Å². The molecule has 5 heteroatoms. The average molecular weight is 318 g/mol. The number of hydrogen-bond donors (Lipinski definition) is 2. The fraction of sp³-hybridized carbons (Fsp3) is 0.118. The lowest BCUT2D eigenvalue weighted by Gasteiger charge is -2.04. The molecule has 0 saturated heterocycles. The fourth-order valence-electron chi connectivity index (χ4n) is 2.59. The minimum atomic E-state index is -0.882. The Hall–Kier alpha value is -2.33. The normalized spacial score (nSPS) is 11.0. The summed E-state index contributed by atoms with van der Waals surface area (Å²) in [5.74, 6) is -1.23. The maximum atomic E-state index is 14.0. The molecule has 0 aliphatic carbocycles. The first kappa shape index (κ1) is 14.6. The topological polar surface area (TPSA) is 53.1 Å². The number of para-hydroxylation sites is 1. The summed E-state index contributed by atoms with van der Waals surface area (Å²) in [4.78, 5) is 14.0. The van der Waals surface area contributed by atoms with Gasteiger partial charge in [-0.25, -0.2) is 4.39 Å². The summed E-state index contributed by atoms with van der Waals surface area (Å²) < 4.78 is 14.0. The summed E-state index contributed by atoms with van der Waals surface area (Å²) in [6.45, 7) is 0. The van der Waals surface area contributed by atoms with Crippen LogP contribution in [-0.4, -0.2) is 16.1 Å². The minimum Gasteiger partial charge on any atom is -0.481 e. The van der Waals surface area contributed by atoms with Gasteiger partial charge >= 0.3 is 5.97 Å². The van der Waals surface area contributed by atoms with Crippen molar-refractivity contribution in [1.29, 1.82) is 0 Å². The molecule has 3 nitrogen and oxygen atoms in total. The molecule has 22 heavy (non-hydrogen) atoms. The lowest BCUT2D eigenvalue weighted by Crippen LogP contribution is -1.98. The number of H-pyrrole nitrogens is 1. The lowest BCUT2D eigenvalue weighted by molar-refractivity contribution is -0.136. The number of benzene rings is 2. The number of aliphatic carboxylic acids is 1. The van der Waals surface area contributed by atoms with Gasteiger partial charge < -0.3 is 10.1 Å². The number of aromatic amines is 1. The van der Waals surface area contributed by atoms with Crippen LogP contribution in [0.15, 0.2) is 42.5 Å². The zero-order valence-corrected chi connectivity index (χ0v) is 12.3. The molecule has 0 amide bonds. The summed E-state index contributed by atoms with van der Waals surface area (Å²) in [6.07, 6.45) is 0.320. The molecule has 0 unspecified atom stereocenters. The van der Waals surface area contributed by atoms with Gasteiger partial charge in [0.15, 0.2) is 0 Å². The maximum Gasteiger partial charge on any atom is 0.303 e. The van der Waals surface area contributed by atoms with Crippen LogP contribution >= 0.6 is 11.6 Å². The number of carboxylic acids is 1. The van der Waals surface area contributed by atoms with Gasteiger partial charge in [0, 0.05) is 22.5 Å². The third-order valence-electron chi connectivity index (χ3n) is 3.61. The summed E-state index contributed by atoms with van der Waals surface area (Å²) in [6, 6.07) is 12.0. The van der Waals surface area contributed by atoms with Gasteiger partial charge in [-0.15, -0.1) is 0 Å². The van der Waals surface area contributed by atoms with Crippen molar-refractivity contribution in [2.75, 3.05) is 0 Å². The number of hydrogen-bond acceptors (Lipinski definition) is 1. The van der Waals surface area contributed by atoms with E-state index in [-0.39, 0.29) is 12.2 Å². The molecule has 0 aliphatic heterocycles. The van der Waals surface area contributed by atoms with Crippen molar-refractivity contribution in [3.63, 3.8) is 0 Å². The number of nitrogens with one attached hydrogen (secondary N) is 1. The van der Waals surface area contributed by atoms with E-state index in [9.17, 15) is 9.18 Å². The van der Waals surface area contributed by atoms with Crippen molar-refractivity contribution in [2.45, 2.75) is 12.8 Å². The number of aromatic nitrogens is 1. The summed E-state index contributed by atoms with van der Waals surface area (Å²) in [7, 11) is 0. The van der Waals surface area contributed by atoms with E-state index in [4.69, 9.17) is 16.7 Å². The van der Waals surface area contributed by atoms with Crippen LogP contribution in [0.1, 0.15) is 12.0 Å². The quantitative estimate of drug-likeness (QED) is 0.736. The number of fused-ring (bicyclic) bond motifs is 1. The fourth-order valence-corrected chi connectivity index (χ4v) is 2.72. The van der Waals surface area contributed by atoms with Crippen molar-refractivity contribution < 1.29 is 14.3 Å². The Bertz CT molecular complexity index is 840. The maximum absolute atomic E-state index is 14.0. The molecular weight excluding hydrogens is 305 g/mol. The smallest absolute Gasteiger partial charge is 0.303 e. The monoisotopic (exact) mass is 317 g/mol. The molecule has 0 fully saturated rings. The van der Waals surface area contributed by atoms with Gasteiger partial charge in [-0.1, -0.05) is 35.9 Å². The number of carbonyl (C=O) groups is 1. The molecule has 0 radical (unpaired) electrons. The van der Waals surface area contributed by atoms with Gasteiger partial charge in [0.05, 0.1) is 5.52 Å². The first-order valence-corrected chi connectivity index (χ1v) is 7.21. The molecule has 0 atom stereocenters. The van der Waals surface area contributed by atoms with Crippen LogP contribution in [0, 0.1) is 5.82 Å². The van der Waals surface area contributed by atoms with Crippen LogP contribution in [0.5, 0.6) is 0 Å². The van der Waals surface area contributed by atoms with E-state index in [1.165, 1.54) is 6.07 Å². The summed E-state index contributed by atoms with van der Waals surface area (Å²) >= 11 is 5.90. The van der Waals surface area contributed by atoms with Gasteiger partial charge in [0.25, 0.3) is 0 Å². The molecule has 3 rings (SSSR count). The van der Waals surface area contributed by atoms with Crippen molar-refractivity contribution in [3.8, 4) is 11.3 Å². The van der Waals surface area contributed by atoms with E-state index in [1.54, 1.807) is 24.3 Å². The molecule has 2 N–H and O–H groups in total. The molecule has 0 spiro atoms. The average Bonchev–Trinajstić information content (AvgIpc) is 2.86. The van der Waals surface area contributed by atoms with Gasteiger partial charge in [-0.2, -0.15) is 0 Å². The van der Waals surface area contributed by atoms with E-state index in [0.29, 0.717) is 22.3 Å². The predicted octanol–water partition coefficient (Wildman–Crippen LogP) is 4.64. The van der Waals surface area contributed by atoms with Crippen LogP contribution in [-0.2, 0) is 11.2 Å². The predicted molar refractivity (Wildman–Crippen MR) is 84.7 cm³/mol. The number of carboxylic acid groups (broad SMARTS) is 1. The SMILES string of the molecule is O=C(O)CCc1c(-c2ccc(Cl)cc2)[nH]c2c(F)cccc12. The second kappa shape index (κ2) is 5.81. The lowest BCUT2D eigenvalue weighted by atomic mass is 10.0. The standard InChI is InChI=1S/C17H13ClFNO2/c18-11-6-4-10(5-7-11)16-13(8-9-15(21)22)12-2-1-3-14(19)17(12)20-16/h1-7,20H,8-9H2,(H,21,22). The Balaban J connectivity index is 2.18. The Morgan fingerprint density at radius 3 is 2.59 bits per heavy atom. The Morgan fingerprint density at radius 1 is 1.18 bits per heavy atom. The van der Waals surface area contributed by atoms with Crippen LogP contribution in [0.4, 0.5) is 4.39 Å². The van der Waals surface area contributed by atoms with Crippen molar-refractivity contribution in [3.05, 3.63) is 58.9 Å². The van der Waals surface area contributed by atoms with E-state index in [0.717, 1.165) is 16.8 Å². The highest BCUT2D eigenvalue weighted by Crippen LogP contribution is 2.33. The van der Waals surface area contributed by atoms with Gasteiger partial charge in [0.1, 0.15) is 5.82 Å². The van der Waals surface area contributed by atoms with E-state index < -0.39 is 5.97 Å². The molecule has 1 aromatic heterocycles. The Labute approximate surface area is 131 Å². The Kier molecular flexibility index (Phi) is 3.86. The highest BCUT2D eigenvalue weighted by molar-refractivity contribution is 6.30. The molecule has 3 aromatic rings. The summed E-state index contributed by atoms with van der Waals surface area (Å²) in [5.41, 5.74) is 2.78. The highest BCUT2D eigenvalue weighted by Gasteiger charge is 2.16. The van der Waals surface area contributed by atoms with Crippen molar-refractivity contribution in [1.82, 2.24) is 4.98 Å². The van der Waals surface area contributed by atoms with E-state index in [2.05, 4.69) is 4.98 Å². The van der Waals surface area contributed by atoms with Gasteiger partial charge in [-0.05, 0) is 35.7 Å². The van der Waals surface area contributed by atoms with Crippen molar-refractivity contribution >= 4 is 28.5 Å². The molecule has 0 saturated carbocycles. The molecule has 2 aromatic carbocycles. The van der Waals surface area contributed by atoms with E-state index in [1.807, 2.05) is 12.1 Å². The largest absolute Gasteiger partial charge is 0.481 e. The van der Waals surface area contributed by atoms with Crippen LogP contribution in [0.2, 0.25) is 5.02 Å². The van der Waals surface area contributed by atoms with Gasteiger partial charge in [0.2, 0.25) is 0 Å². The first-order valence-electron chi connectivity index (χ1n) is 6.83. The number of rotatable bonds is 4. The molecular formula is C17H13ClFNO2. The van der Waals surface area contributed by atoms with E-state index >= 15 is 0 Å². The Morgan fingerprint density at radius 2 is 1.91 bits per heavy atom. The minimum absolute atomic E-state index is 0.00986.